The Kier molecular flexibility index (Phi) is 7.96. The second-order valence-electron chi connectivity index (χ2n) is 7.98. The van der Waals surface area contributed by atoms with Crippen molar-refractivity contribution in [1.82, 2.24) is 14.9 Å². The van der Waals surface area contributed by atoms with Gasteiger partial charge >= 0.3 is 0 Å². The molecule has 2 aromatic heterocycles. The zero-order valence-corrected chi connectivity index (χ0v) is 20.2. The highest BCUT2D eigenvalue weighted by Crippen LogP contribution is 2.19. The van der Waals surface area contributed by atoms with E-state index in [-0.39, 0.29) is 23.3 Å². The molecule has 0 aliphatic heterocycles. The Morgan fingerprint density at radius 1 is 1.06 bits per heavy atom. The van der Waals surface area contributed by atoms with Crippen LogP contribution in [0.25, 0.3) is 10.9 Å². The molecule has 5 nitrogen and oxygen atoms in total. The molecule has 0 bridgehead atoms. The second-order valence-corrected chi connectivity index (χ2v) is 9.95. The summed E-state index contributed by atoms with van der Waals surface area (Å²) in [6.07, 6.45) is 2.55. The van der Waals surface area contributed by atoms with Crippen LogP contribution in [0.2, 0.25) is 0 Å². The van der Waals surface area contributed by atoms with E-state index in [1.807, 2.05) is 60.8 Å². The molecule has 0 aliphatic carbocycles. The Labute approximate surface area is 201 Å². The number of aryl methyl sites for hydroxylation is 2. The lowest BCUT2D eigenvalue weighted by atomic mass is 10.1. The van der Waals surface area contributed by atoms with Gasteiger partial charge in [-0.15, -0.1) is 11.3 Å². The fourth-order valence-corrected chi connectivity index (χ4v) is 5.21. The number of fused-ring (bicyclic) bond motifs is 1. The van der Waals surface area contributed by atoms with Crippen molar-refractivity contribution in [2.75, 3.05) is 5.75 Å². The van der Waals surface area contributed by atoms with Crippen molar-refractivity contribution in [2.24, 2.45) is 0 Å². The highest BCUT2D eigenvalue weighted by molar-refractivity contribution is 7.99. The number of nitrogens with zero attached hydrogens (tertiary/aromatic N) is 2. The first-order valence-corrected chi connectivity index (χ1v) is 12.9. The summed E-state index contributed by atoms with van der Waals surface area (Å²) in [6, 6.07) is 21.8. The number of rotatable bonds is 10. The summed E-state index contributed by atoms with van der Waals surface area (Å²) < 4.78 is 1.71. The Hall–Kier alpha value is -2.90. The molecule has 33 heavy (non-hydrogen) atoms. The zero-order chi connectivity index (χ0) is 23.0. The molecule has 170 valence electrons. The first-order valence-electron chi connectivity index (χ1n) is 11.1. The molecular formula is C26H27N3O2S2. The minimum Gasteiger partial charge on any atom is -0.353 e. The molecule has 2 aromatic carbocycles. The molecule has 0 spiro atoms. The van der Waals surface area contributed by atoms with Crippen LogP contribution in [0, 0.1) is 0 Å². The third-order valence-corrected chi connectivity index (χ3v) is 7.35. The van der Waals surface area contributed by atoms with E-state index in [2.05, 4.69) is 23.5 Å². The average molecular weight is 478 g/mol. The molecule has 1 atom stereocenters. The Balaban J connectivity index is 1.41. The Morgan fingerprint density at radius 3 is 2.64 bits per heavy atom. The van der Waals surface area contributed by atoms with Gasteiger partial charge in [0.05, 0.1) is 16.7 Å². The molecule has 0 aliphatic rings. The first-order chi connectivity index (χ1) is 16.1. The molecule has 0 fully saturated rings. The van der Waals surface area contributed by atoms with Gasteiger partial charge < -0.3 is 5.32 Å². The summed E-state index contributed by atoms with van der Waals surface area (Å²) >= 11 is 3.00. The number of thiophene rings is 1. The highest BCUT2D eigenvalue weighted by atomic mass is 32.2. The number of amides is 1. The number of hydrogen-bond acceptors (Lipinski definition) is 5. The normalized spacial score (nSPS) is 12.0. The van der Waals surface area contributed by atoms with Gasteiger partial charge in [-0.2, -0.15) is 0 Å². The van der Waals surface area contributed by atoms with Gasteiger partial charge in [0.2, 0.25) is 5.91 Å². The van der Waals surface area contributed by atoms with E-state index >= 15 is 0 Å². The van der Waals surface area contributed by atoms with Crippen molar-refractivity contribution in [3.05, 3.63) is 92.9 Å². The van der Waals surface area contributed by atoms with E-state index in [1.54, 1.807) is 15.9 Å². The SMILES string of the molecule is C[C@@H](CCc1ccccc1)NC(=O)CSc1nc2ccccc2c(=O)n1CCc1cccs1. The van der Waals surface area contributed by atoms with Crippen molar-refractivity contribution < 1.29 is 4.79 Å². The van der Waals surface area contributed by atoms with Gasteiger partial charge in [0, 0.05) is 17.5 Å². The van der Waals surface area contributed by atoms with Crippen LogP contribution in [-0.2, 0) is 24.2 Å². The van der Waals surface area contributed by atoms with Gasteiger partial charge in [0.1, 0.15) is 0 Å². The van der Waals surface area contributed by atoms with Gasteiger partial charge in [0.15, 0.2) is 5.16 Å². The smallest absolute Gasteiger partial charge is 0.262 e. The van der Waals surface area contributed by atoms with Crippen molar-refractivity contribution in [3.63, 3.8) is 0 Å². The number of thioether (sulfide) groups is 1. The predicted octanol–water partition coefficient (Wildman–Crippen LogP) is 4.93. The summed E-state index contributed by atoms with van der Waals surface area (Å²) in [5, 5.41) is 6.30. The van der Waals surface area contributed by atoms with E-state index in [9.17, 15) is 9.59 Å². The van der Waals surface area contributed by atoms with Gasteiger partial charge in [-0.1, -0.05) is 60.3 Å². The van der Waals surface area contributed by atoms with Crippen LogP contribution in [0.3, 0.4) is 0 Å². The maximum atomic E-state index is 13.2. The molecule has 0 radical (unpaired) electrons. The lowest BCUT2D eigenvalue weighted by molar-refractivity contribution is -0.119. The molecule has 4 rings (SSSR count). The minimum atomic E-state index is -0.0590. The van der Waals surface area contributed by atoms with Crippen LogP contribution < -0.4 is 10.9 Å². The number of carbonyl (C=O) groups excluding carboxylic acids is 1. The van der Waals surface area contributed by atoms with Crippen LogP contribution in [0.5, 0.6) is 0 Å². The molecule has 0 unspecified atom stereocenters. The van der Waals surface area contributed by atoms with Crippen LogP contribution in [0.15, 0.2) is 82.1 Å². The largest absolute Gasteiger partial charge is 0.353 e. The lowest BCUT2D eigenvalue weighted by Gasteiger charge is -2.15. The fraction of sp³-hybridized carbons (Fsp3) is 0.269. The zero-order valence-electron chi connectivity index (χ0n) is 18.6. The number of benzene rings is 2. The minimum absolute atomic E-state index is 0.0484. The number of para-hydroxylation sites is 1. The van der Waals surface area contributed by atoms with E-state index in [4.69, 9.17) is 4.98 Å². The number of hydrogen-bond donors (Lipinski definition) is 1. The molecule has 1 N–H and O–H groups in total. The van der Waals surface area contributed by atoms with Crippen molar-refractivity contribution in [3.8, 4) is 0 Å². The molecule has 0 saturated carbocycles. The first kappa shape index (κ1) is 23.3. The molecule has 7 heteroatoms. The average Bonchev–Trinajstić information content (AvgIpc) is 3.35. The van der Waals surface area contributed by atoms with Gasteiger partial charge in [-0.3, -0.25) is 14.2 Å². The van der Waals surface area contributed by atoms with E-state index in [1.165, 1.54) is 22.2 Å². The predicted molar refractivity (Wildman–Crippen MR) is 137 cm³/mol. The number of carbonyl (C=O) groups is 1. The van der Waals surface area contributed by atoms with Crippen LogP contribution in [0.4, 0.5) is 0 Å². The van der Waals surface area contributed by atoms with Crippen molar-refractivity contribution in [2.45, 2.75) is 43.9 Å². The number of aromatic nitrogens is 2. The fourth-order valence-electron chi connectivity index (χ4n) is 3.68. The maximum absolute atomic E-state index is 13.2. The van der Waals surface area contributed by atoms with Crippen LogP contribution in [0.1, 0.15) is 23.8 Å². The van der Waals surface area contributed by atoms with Crippen LogP contribution in [-0.4, -0.2) is 27.3 Å². The number of nitrogens with one attached hydrogen (secondary N) is 1. The second kappa shape index (κ2) is 11.3. The van der Waals surface area contributed by atoms with Gasteiger partial charge in [-0.25, -0.2) is 4.98 Å². The van der Waals surface area contributed by atoms with E-state index < -0.39 is 0 Å². The summed E-state index contributed by atoms with van der Waals surface area (Å²) in [5.74, 6) is 0.173. The van der Waals surface area contributed by atoms with Crippen LogP contribution >= 0.6 is 23.1 Å². The quantitative estimate of drug-likeness (QED) is 0.260. The third-order valence-electron chi connectivity index (χ3n) is 5.44. The Bertz CT molecular complexity index is 1250. The molecule has 0 saturated heterocycles. The lowest BCUT2D eigenvalue weighted by Crippen LogP contribution is -2.34. The van der Waals surface area contributed by atoms with Gasteiger partial charge in [0.25, 0.3) is 5.56 Å². The topological polar surface area (TPSA) is 64.0 Å². The summed E-state index contributed by atoms with van der Waals surface area (Å²) in [7, 11) is 0. The summed E-state index contributed by atoms with van der Waals surface area (Å²) in [5.41, 5.74) is 1.87. The molecule has 2 heterocycles. The molecular weight excluding hydrogens is 450 g/mol. The summed E-state index contributed by atoms with van der Waals surface area (Å²) in [6.45, 7) is 2.56. The van der Waals surface area contributed by atoms with Crippen molar-refractivity contribution in [1.29, 1.82) is 0 Å². The summed E-state index contributed by atoms with van der Waals surface area (Å²) in [4.78, 5) is 31.7. The third kappa shape index (κ3) is 6.33. The maximum Gasteiger partial charge on any atom is 0.262 e. The van der Waals surface area contributed by atoms with E-state index in [0.29, 0.717) is 22.6 Å². The van der Waals surface area contributed by atoms with E-state index in [0.717, 1.165) is 19.3 Å². The molecule has 4 aromatic rings. The highest BCUT2D eigenvalue weighted by Gasteiger charge is 2.14. The monoisotopic (exact) mass is 477 g/mol. The standard InChI is InChI=1S/C26H27N3O2S2/c1-19(13-14-20-8-3-2-4-9-20)27-24(30)18-33-26-28-23-12-6-5-11-22(23)25(31)29(26)16-15-21-10-7-17-32-21/h2-12,17,19H,13-16,18H2,1H3,(H,27,30)/t19-/m0/s1. The Morgan fingerprint density at radius 2 is 1.85 bits per heavy atom. The van der Waals surface area contributed by atoms with Crippen molar-refractivity contribution >= 4 is 39.9 Å². The van der Waals surface area contributed by atoms with Gasteiger partial charge in [-0.05, 0) is 55.3 Å². The molecule has 1 amide bonds.